The van der Waals surface area contributed by atoms with Crippen LogP contribution in [0.4, 0.5) is 17.1 Å². The van der Waals surface area contributed by atoms with Crippen LogP contribution in [0.5, 0.6) is 0 Å². The third kappa shape index (κ3) is 5.42. The lowest BCUT2D eigenvalue weighted by Crippen LogP contribution is -2.10. The Morgan fingerprint density at radius 3 is 1.34 bits per heavy atom. The van der Waals surface area contributed by atoms with Crippen molar-refractivity contribution in [3.63, 3.8) is 0 Å². The van der Waals surface area contributed by atoms with Crippen molar-refractivity contribution in [3.8, 4) is 33.4 Å². The first kappa shape index (κ1) is 30.8. The number of nitrogens with zero attached hydrogens (tertiary/aromatic N) is 1. The maximum Gasteiger partial charge on any atom is 0.0474 e. The summed E-state index contributed by atoms with van der Waals surface area (Å²) in [5.74, 6) is 0. The Labute approximate surface area is 309 Å². The van der Waals surface area contributed by atoms with Crippen LogP contribution in [0.15, 0.2) is 212 Å². The molecule has 248 valence electrons. The molecule has 0 aliphatic rings. The van der Waals surface area contributed by atoms with Gasteiger partial charge in [-0.1, -0.05) is 176 Å². The van der Waals surface area contributed by atoms with Crippen molar-refractivity contribution in [2.75, 3.05) is 4.90 Å². The van der Waals surface area contributed by atoms with Crippen molar-refractivity contribution in [3.05, 3.63) is 212 Å². The molecule has 0 spiro atoms. The largest absolute Gasteiger partial charge is 0.310 e. The van der Waals surface area contributed by atoms with E-state index >= 15 is 0 Å². The number of hydrogen-bond donors (Lipinski definition) is 0. The lowest BCUT2D eigenvalue weighted by atomic mass is 9.89. The average molecular weight is 674 g/mol. The molecule has 53 heavy (non-hydrogen) atoms. The van der Waals surface area contributed by atoms with E-state index in [1.54, 1.807) is 0 Å². The predicted octanol–water partition coefficient (Wildman–Crippen LogP) is 14.8. The highest BCUT2D eigenvalue weighted by Crippen LogP contribution is 2.43. The molecule has 0 N–H and O–H groups in total. The van der Waals surface area contributed by atoms with Gasteiger partial charge in [-0.3, -0.25) is 0 Å². The number of hydrogen-bond acceptors (Lipinski definition) is 1. The van der Waals surface area contributed by atoms with Crippen molar-refractivity contribution in [1.82, 2.24) is 0 Å². The van der Waals surface area contributed by atoms with E-state index in [4.69, 9.17) is 0 Å². The van der Waals surface area contributed by atoms with Crippen LogP contribution in [0.25, 0.3) is 76.5 Å². The monoisotopic (exact) mass is 673 g/mol. The number of rotatable bonds is 6. The SMILES string of the molecule is c1ccc(N(c2ccc(-c3cccc4cccc(-c5cccc6ccccc56)c34)cc2)c2cc(-c3cccc4ccccc34)c3ccccc3c2)cc1. The van der Waals surface area contributed by atoms with Crippen molar-refractivity contribution in [2.45, 2.75) is 0 Å². The van der Waals surface area contributed by atoms with Crippen LogP contribution in [0.1, 0.15) is 0 Å². The Bertz CT molecular complexity index is 2930. The molecule has 0 amide bonds. The molecular formula is C52H35N. The molecule has 1 nitrogen and oxygen atoms in total. The minimum absolute atomic E-state index is 1.11. The van der Waals surface area contributed by atoms with Gasteiger partial charge in [-0.15, -0.1) is 0 Å². The van der Waals surface area contributed by atoms with Crippen LogP contribution in [0.3, 0.4) is 0 Å². The normalized spacial score (nSPS) is 11.4. The first-order valence-corrected chi connectivity index (χ1v) is 18.3. The van der Waals surface area contributed by atoms with Gasteiger partial charge in [0.1, 0.15) is 0 Å². The molecule has 0 saturated heterocycles. The summed E-state index contributed by atoms with van der Waals surface area (Å²) in [5.41, 5.74) is 10.7. The molecule has 1 heteroatoms. The summed E-state index contributed by atoms with van der Waals surface area (Å²) in [7, 11) is 0. The second kappa shape index (κ2) is 13.0. The van der Waals surface area contributed by atoms with Gasteiger partial charge in [0.15, 0.2) is 0 Å². The average Bonchev–Trinajstić information content (AvgIpc) is 3.23. The Morgan fingerprint density at radius 2 is 0.698 bits per heavy atom. The Kier molecular flexibility index (Phi) is 7.55. The molecule has 10 aromatic carbocycles. The fourth-order valence-electron chi connectivity index (χ4n) is 8.19. The molecule has 10 aromatic rings. The van der Waals surface area contributed by atoms with E-state index in [-0.39, 0.29) is 0 Å². The zero-order chi connectivity index (χ0) is 35.1. The van der Waals surface area contributed by atoms with E-state index in [1.807, 2.05) is 0 Å². The van der Waals surface area contributed by atoms with Gasteiger partial charge in [0.05, 0.1) is 0 Å². The molecule has 0 aliphatic carbocycles. The molecule has 0 bridgehead atoms. The summed E-state index contributed by atoms with van der Waals surface area (Å²) in [5, 5.41) is 9.98. The summed E-state index contributed by atoms with van der Waals surface area (Å²) >= 11 is 0. The second-order valence-corrected chi connectivity index (χ2v) is 13.7. The number of benzene rings is 10. The van der Waals surface area contributed by atoms with Gasteiger partial charge in [0.25, 0.3) is 0 Å². The highest BCUT2D eigenvalue weighted by atomic mass is 15.1. The Morgan fingerprint density at radius 1 is 0.245 bits per heavy atom. The van der Waals surface area contributed by atoms with E-state index < -0.39 is 0 Å². The van der Waals surface area contributed by atoms with Crippen LogP contribution in [0.2, 0.25) is 0 Å². The number of fused-ring (bicyclic) bond motifs is 4. The highest BCUT2D eigenvalue weighted by molar-refractivity contribution is 6.11. The zero-order valence-electron chi connectivity index (χ0n) is 29.2. The summed E-state index contributed by atoms with van der Waals surface area (Å²) < 4.78 is 0. The van der Waals surface area contributed by atoms with Gasteiger partial charge in [-0.25, -0.2) is 0 Å². The summed E-state index contributed by atoms with van der Waals surface area (Å²) in [6.07, 6.45) is 0. The van der Waals surface area contributed by atoms with Gasteiger partial charge in [-0.2, -0.15) is 0 Å². The fourth-order valence-corrected chi connectivity index (χ4v) is 8.19. The minimum atomic E-state index is 1.11. The number of para-hydroxylation sites is 1. The lowest BCUT2D eigenvalue weighted by molar-refractivity contribution is 1.29. The zero-order valence-corrected chi connectivity index (χ0v) is 29.2. The van der Waals surface area contributed by atoms with Crippen LogP contribution in [-0.2, 0) is 0 Å². The van der Waals surface area contributed by atoms with Gasteiger partial charge in [-0.05, 0) is 113 Å². The van der Waals surface area contributed by atoms with E-state index in [0.29, 0.717) is 0 Å². The summed E-state index contributed by atoms with van der Waals surface area (Å²) in [4.78, 5) is 2.38. The summed E-state index contributed by atoms with van der Waals surface area (Å²) in [6.45, 7) is 0. The first-order chi connectivity index (χ1) is 26.3. The number of anilines is 3. The third-order valence-electron chi connectivity index (χ3n) is 10.6. The van der Waals surface area contributed by atoms with E-state index in [1.165, 1.54) is 76.5 Å². The van der Waals surface area contributed by atoms with E-state index in [2.05, 4.69) is 217 Å². The van der Waals surface area contributed by atoms with Gasteiger partial charge in [0.2, 0.25) is 0 Å². The maximum absolute atomic E-state index is 2.38. The quantitative estimate of drug-likeness (QED) is 0.170. The van der Waals surface area contributed by atoms with Crippen molar-refractivity contribution >= 4 is 60.2 Å². The van der Waals surface area contributed by atoms with Crippen LogP contribution in [0, 0.1) is 0 Å². The molecular weight excluding hydrogens is 639 g/mol. The van der Waals surface area contributed by atoms with Crippen molar-refractivity contribution in [1.29, 1.82) is 0 Å². The fraction of sp³-hybridized carbons (Fsp3) is 0. The van der Waals surface area contributed by atoms with Gasteiger partial charge >= 0.3 is 0 Å². The van der Waals surface area contributed by atoms with Crippen LogP contribution in [-0.4, -0.2) is 0 Å². The molecule has 0 saturated carbocycles. The molecule has 0 heterocycles. The molecule has 0 aromatic heterocycles. The van der Waals surface area contributed by atoms with Gasteiger partial charge < -0.3 is 4.90 Å². The molecule has 0 atom stereocenters. The predicted molar refractivity (Wildman–Crippen MR) is 227 cm³/mol. The first-order valence-electron chi connectivity index (χ1n) is 18.3. The molecule has 10 rings (SSSR count). The van der Waals surface area contributed by atoms with Crippen LogP contribution >= 0.6 is 0 Å². The van der Waals surface area contributed by atoms with Gasteiger partial charge in [0, 0.05) is 17.1 Å². The van der Waals surface area contributed by atoms with Crippen LogP contribution < -0.4 is 4.90 Å². The molecule has 0 fully saturated rings. The Balaban J connectivity index is 1.14. The van der Waals surface area contributed by atoms with Crippen molar-refractivity contribution < 1.29 is 0 Å². The standard InChI is InChI=1S/C52H35N/c1-2-21-41(22-3-1)53(43-34-40-16-6-9-25-46(40)51(35-43)49-28-11-18-37-15-5-8-24-45(37)49)42-32-30-38(31-33-42)47-26-12-19-39-20-13-29-50(52(39)47)48-27-10-17-36-14-4-7-23-44(36)48/h1-35H. The Hall–Kier alpha value is -6.96. The maximum atomic E-state index is 2.38. The third-order valence-corrected chi connectivity index (χ3v) is 10.6. The second-order valence-electron chi connectivity index (χ2n) is 13.7. The smallest absolute Gasteiger partial charge is 0.0474 e. The minimum Gasteiger partial charge on any atom is -0.310 e. The van der Waals surface area contributed by atoms with Crippen molar-refractivity contribution in [2.24, 2.45) is 0 Å². The lowest BCUT2D eigenvalue weighted by Gasteiger charge is -2.27. The molecule has 0 radical (unpaired) electrons. The highest BCUT2D eigenvalue weighted by Gasteiger charge is 2.18. The van der Waals surface area contributed by atoms with E-state index in [9.17, 15) is 0 Å². The summed E-state index contributed by atoms with van der Waals surface area (Å²) in [6, 6.07) is 77.2. The molecule has 0 unspecified atom stereocenters. The molecule has 0 aliphatic heterocycles. The van der Waals surface area contributed by atoms with E-state index in [0.717, 1.165) is 17.1 Å². The topological polar surface area (TPSA) is 3.24 Å².